The molecule has 5 rings (SSSR count). The van der Waals surface area contributed by atoms with Crippen molar-refractivity contribution in [3.05, 3.63) is 46.8 Å². The third kappa shape index (κ3) is 2.84. The number of aliphatic hydroxyl groups is 1. The normalized spacial score (nSPS) is 31.8. The average molecular weight is 486 g/mol. The van der Waals surface area contributed by atoms with Gasteiger partial charge in [0.15, 0.2) is 5.69 Å². The highest BCUT2D eigenvalue weighted by Gasteiger charge is 2.88. The quantitative estimate of drug-likeness (QED) is 0.650. The van der Waals surface area contributed by atoms with E-state index in [2.05, 4.69) is 10.4 Å². The van der Waals surface area contributed by atoms with Crippen LogP contribution in [0.5, 0.6) is 0 Å². The van der Waals surface area contributed by atoms with Gasteiger partial charge in [0.1, 0.15) is 0 Å². The maximum atomic E-state index is 13.7. The maximum absolute atomic E-state index is 13.7. The van der Waals surface area contributed by atoms with Crippen LogP contribution in [0.2, 0.25) is 0 Å². The third-order valence-corrected chi connectivity index (χ3v) is 7.07. The zero-order valence-electron chi connectivity index (χ0n) is 17.3. The van der Waals surface area contributed by atoms with Gasteiger partial charge in [0.25, 0.3) is 0 Å². The molecule has 2 aliphatic heterocycles. The maximum Gasteiger partial charge on any atom is 0.435 e. The van der Waals surface area contributed by atoms with Crippen molar-refractivity contribution < 1.29 is 41.0 Å². The fourth-order valence-electron chi connectivity index (χ4n) is 5.72. The van der Waals surface area contributed by atoms with Crippen LogP contribution in [0.25, 0.3) is 0 Å². The number of amides is 1. The van der Waals surface area contributed by atoms with Crippen molar-refractivity contribution in [1.82, 2.24) is 9.78 Å². The van der Waals surface area contributed by atoms with E-state index in [4.69, 9.17) is 10.00 Å². The highest BCUT2D eigenvalue weighted by atomic mass is 19.4. The molecule has 5 unspecified atom stereocenters. The van der Waals surface area contributed by atoms with Crippen LogP contribution in [0.4, 0.5) is 32.0 Å². The molecule has 1 amide bonds. The Morgan fingerprint density at radius 1 is 1.29 bits per heavy atom. The lowest BCUT2D eigenvalue weighted by atomic mass is 9.73. The van der Waals surface area contributed by atoms with Gasteiger partial charge in [-0.15, -0.1) is 0 Å². The molecule has 13 heteroatoms. The lowest BCUT2D eigenvalue weighted by Gasteiger charge is -2.29. The highest BCUT2D eigenvalue weighted by Crippen LogP contribution is 2.78. The number of carbonyl (C=O) groups excluding carboxylic acids is 1. The van der Waals surface area contributed by atoms with E-state index in [1.165, 1.54) is 13.1 Å². The number of halogens is 6. The van der Waals surface area contributed by atoms with Crippen molar-refractivity contribution >= 4 is 11.6 Å². The van der Waals surface area contributed by atoms with Gasteiger partial charge >= 0.3 is 12.4 Å². The minimum absolute atomic E-state index is 0.00260. The molecule has 7 nitrogen and oxygen atoms in total. The van der Waals surface area contributed by atoms with Crippen LogP contribution in [-0.4, -0.2) is 39.1 Å². The molecular formula is C21H16F6N4O3. The summed E-state index contributed by atoms with van der Waals surface area (Å²) >= 11 is 0. The number of ether oxygens (including phenoxy) is 1. The zero-order chi connectivity index (χ0) is 24.8. The number of aromatic nitrogens is 2. The smallest absolute Gasteiger partial charge is 0.390 e. The number of nitrogens with one attached hydrogen (secondary N) is 1. The largest absolute Gasteiger partial charge is 0.435 e. The minimum atomic E-state index is -4.86. The number of aryl methyl sites for hydroxylation is 1. The van der Waals surface area contributed by atoms with E-state index in [1.807, 2.05) is 0 Å². The number of anilines is 1. The van der Waals surface area contributed by atoms with Crippen LogP contribution in [0.1, 0.15) is 35.2 Å². The second kappa shape index (κ2) is 6.73. The highest BCUT2D eigenvalue weighted by molar-refractivity contribution is 6.01. The van der Waals surface area contributed by atoms with Gasteiger partial charge in [0.05, 0.1) is 40.9 Å². The number of alkyl halides is 6. The first-order valence-electron chi connectivity index (χ1n) is 10.1. The summed E-state index contributed by atoms with van der Waals surface area (Å²) in [6.07, 6.45) is -11.8. The van der Waals surface area contributed by atoms with E-state index < -0.39 is 64.2 Å². The molecule has 5 atom stereocenters. The number of hydrogen-bond acceptors (Lipinski definition) is 5. The molecular weight excluding hydrogens is 470 g/mol. The van der Waals surface area contributed by atoms with Crippen molar-refractivity contribution in [1.29, 1.82) is 5.26 Å². The van der Waals surface area contributed by atoms with Gasteiger partial charge < -0.3 is 15.2 Å². The van der Waals surface area contributed by atoms with E-state index in [9.17, 15) is 36.2 Å². The van der Waals surface area contributed by atoms with E-state index in [1.54, 1.807) is 0 Å². The first-order chi connectivity index (χ1) is 15.8. The predicted molar refractivity (Wildman–Crippen MR) is 101 cm³/mol. The summed E-state index contributed by atoms with van der Waals surface area (Å²) < 4.78 is 87.8. The molecule has 2 saturated heterocycles. The summed E-state index contributed by atoms with van der Waals surface area (Å²) in [6, 6.07) is 4.05. The molecule has 0 spiro atoms. The molecule has 180 valence electrons. The van der Waals surface area contributed by atoms with Crippen LogP contribution in [0.3, 0.4) is 0 Å². The van der Waals surface area contributed by atoms with Gasteiger partial charge in [-0.25, -0.2) is 0 Å². The Kier molecular flexibility index (Phi) is 4.49. The lowest BCUT2D eigenvalue weighted by Crippen LogP contribution is -2.45. The molecule has 2 N–H and O–H groups in total. The molecule has 34 heavy (non-hydrogen) atoms. The number of nitriles is 1. The minimum Gasteiger partial charge on any atom is -0.390 e. The molecule has 1 aromatic heterocycles. The Bertz CT molecular complexity index is 1250. The van der Waals surface area contributed by atoms with Gasteiger partial charge in [-0.05, 0) is 24.6 Å². The van der Waals surface area contributed by atoms with E-state index in [-0.39, 0.29) is 24.1 Å². The number of carbonyl (C=O) groups is 1. The average Bonchev–Trinajstić information content (AvgIpc) is 2.95. The van der Waals surface area contributed by atoms with Crippen molar-refractivity contribution in [2.24, 2.45) is 12.5 Å². The molecule has 1 aromatic carbocycles. The summed E-state index contributed by atoms with van der Waals surface area (Å²) in [6.45, 7) is 0. The Hall–Kier alpha value is -3.11. The van der Waals surface area contributed by atoms with Crippen molar-refractivity contribution in [3.63, 3.8) is 0 Å². The van der Waals surface area contributed by atoms with Gasteiger partial charge in [-0.1, -0.05) is 0 Å². The summed E-state index contributed by atoms with van der Waals surface area (Å²) in [7, 11) is 1.29. The Morgan fingerprint density at radius 2 is 2.00 bits per heavy atom. The van der Waals surface area contributed by atoms with E-state index in [0.29, 0.717) is 6.07 Å². The number of nitrogens with zero attached hydrogens (tertiary/aromatic N) is 3. The molecule has 0 radical (unpaired) electrons. The first kappa shape index (κ1) is 22.7. The lowest BCUT2D eigenvalue weighted by molar-refractivity contribution is -0.143. The van der Waals surface area contributed by atoms with Gasteiger partial charge in [-0.3, -0.25) is 9.48 Å². The fourth-order valence-corrected chi connectivity index (χ4v) is 5.72. The van der Waals surface area contributed by atoms with Crippen molar-refractivity contribution in [3.8, 4) is 6.07 Å². The van der Waals surface area contributed by atoms with Gasteiger partial charge in [-0.2, -0.15) is 36.7 Å². The molecule has 2 aromatic rings. The number of rotatable bonds is 3. The Balaban J connectivity index is 1.55. The van der Waals surface area contributed by atoms with Crippen LogP contribution < -0.4 is 5.32 Å². The number of benzene rings is 1. The number of fused-ring (bicyclic) bond motifs is 5. The summed E-state index contributed by atoms with van der Waals surface area (Å²) in [5, 5.41) is 25.2. The fraction of sp³-hybridized carbons (Fsp3) is 0.476. The zero-order valence-corrected chi connectivity index (χ0v) is 17.3. The van der Waals surface area contributed by atoms with E-state index in [0.717, 1.165) is 23.0 Å². The van der Waals surface area contributed by atoms with Crippen molar-refractivity contribution in [2.45, 2.75) is 48.9 Å². The summed E-state index contributed by atoms with van der Waals surface area (Å²) in [5.74, 6) is -0.818. The Labute approximate surface area is 187 Å². The number of hydrogen-bond donors (Lipinski definition) is 2. The summed E-state index contributed by atoms with van der Waals surface area (Å²) in [4.78, 5) is 13.4. The number of aliphatic hydroxyl groups excluding tert-OH is 1. The SMILES string of the molecule is Cn1cc(C23CC2(C(=O)Nc2ccc(C#N)c(C(F)(F)F)c2)C2CC(O)C3O2)c(C(F)(F)F)n1. The van der Waals surface area contributed by atoms with Gasteiger partial charge in [0.2, 0.25) is 5.91 Å². The standard InChI is InChI=1S/C21H16F6N4O3/c1-31-7-12(15(30-31)21(25,26)27)18-8-19(18,14-5-13(32)16(18)34-14)17(33)29-10-3-2-9(6-28)11(4-10)20(22,23)24/h2-4,7,13-14,16,32H,5,8H2,1H3,(H,29,33). The topological polar surface area (TPSA) is 100 Å². The molecule has 3 heterocycles. The molecule has 3 aliphatic rings. The first-order valence-corrected chi connectivity index (χ1v) is 10.1. The Morgan fingerprint density at radius 3 is 2.62 bits per heavy atom. The summed E-state index contributed by atoms with van der Waals surface area (Å²) in [5.41, 5.74) is -6.70. The molecule has 1 saturated carbocycles. The molecule has 2 bridgehead atoms. The second-order valence-corrected chi connectivity index (χ2v) is 8.85. The van der Waals surface area contributed by atoms with Gasteiger partial charge in [0, 0.05) is 36.3 Å². The van der Waals surface area contributed by atoms with Crippen LogP contribution in [0.15, 0.2) is 24.4 Å². The van der Waals surface area contributed by atoms with Crippen LogP contribution >= 0.6 is 0 Å². The van der Waals surface area contributed by atoms with E-state index >= 15 is 0 Å². The van der Waals surface area contributed by atoms with Crippen LogP contribution in [0, 0.1) is 16.7 Å². The molecule has 3 fully saturated rings. The predicted octanol–water partition coefficient (Wildman–Crippen LogP) is 3.13. The molecule has 1 aliphatic carbocycles. The van der Waals surface area contributed by atoms with Crippen molar-refractivity contribution in [2.75, 3.05) is 5.32 Å². The monoisotopic (exact) mass is 486 g/mol. The second-order valence-electron chi connectivity index (χ2n) is 8.85. The van der Waals surface area contributed by atoms with Crippen LogP contribution in [-0.2, 0) is 34.3 Å². The third-order valence-electron chi connectivity index (χ3n) is 7.07.